The summed E-state index contributed by atoms with van der Waals surface area (Å²) in [6.07, 6.45) is 2.31. The largest absolute Gasteiger partial charge is 0.330 e. The van der Waals surface area contributed by atoms with Crippen molar-refractivity contribution in [3.8, 4) is 0 Å². The van der Waals surface area contributed by atoms with Crippen LogP contribution in [0.1, 0.15) is 19.8 Å². The number of piperidine rings is 1. The molecule has 1 aromatic rings. The number of nitrogens with one attached hydrogen (secondary N) is 1. The second-order valence-corrected chi connectivity index (χ2v) is 5.27. The molecule has 2 atom stereocenters. The fourth-order valence-corrected chi connectivity index (χ4v) is 2.58. The molecule has 0 spiro atoms. The third-order valence-corrected chi connectivity index (χ3v) is 3.85. The van der Waals surface area contributed by atoms with E-state index in [0.29, 0.717) is 12.5 Å². The molecule has 2 rings (SSSR count). The van der Waals surface area contributed by atoms with Crippen LogP contribution < -0.4 is 11.1 Å². The van der Waals surface area contributed by atoms with Crippen molar-refractivity contribution in [1.29, 1.82) is 0 Å². The summed E-state index contributed by atoms with van der Waals surface area (Å²) in [6, 6.07) is 9.49. The SMILES string of the molecule is CC(C(=O)Nc1ccccc1)N1CCCC(CN)C1.Cl. The summed E-state index contributed by atoms with van der Waals surface area (Å²) in [7, 11) is 0. The molecular weight excluding hydrogens is 274 g/mol. The molecule has 0 bridgehead atoms. The van der Waals surface area contributed by atoms with Gasteiger partial charge in [-0.05, 0) is 50.9 Å². The molecular formula is C15H24ClN3O. The van der Waals surface area contributed by atoms with Gasteiger partial charge in [0.05, 0.1) is 6.04 Å². The number of nitrogens with two attached hydrogens (primary N) is 1. The maximum absolute atomic E-state index is 12.2. The minimum absolute atomic E-state index is 0. The van der Waals surface area contributed by atoms with Gasteiger partial charge in [-0.1, -0.05) is 18.2 Å². The van der Waals surface area contributed by atoms with Gasteiger partial charge in [-0.3, -0.25) is 9.69 Å². The maximum atomic E-state index is 12.2. The van der Waals surface area contributed by atoms with E-state index in [9.17, 15) is 4.79 Å². The molecule has 1 heterocycles. The first-order valence-corrected chi connectivity index (χ1v) is 7.00. The van der Waals surface area contributed by atoms with Crippen molar-refractivity contribution < 1.29 is 4.79 Å². The molecule has 0 aliphatic carbocycles. The van der Waals surface area contributed by atoms with E-state index < -0.39 is 0 Å². The van der Waals surface area contributed by atoms with E-state index >= 15 is 0 Å². The number of carbonyl (C=O) groups excluding carboxylic acids is 1. The molecule has 1 aliphatic rings. The highest BCUT2D eigenvalue weighted by atomic mass is 35.5. The molecule has 4 nitrogen and oxygen atoms in total. The molecule has 2 unspecified atom stereocenters. The van der Waals surface area contributed by atoms with E-state index in [2.05, 4.69) is 10.2 Å². The van der Waals surface area contributed by atoms with Crippen molar-refractivity contribution in [2.45, 2.75) is 25.8 Å². The quantitative estimate of drug-likeness (QED) is 0.895. The lowest BCUT2D eigenvalue weighted by atomic mass is 9.97. The predicted molar refractivity (Wildman–Crippen MR) is 85.1 cm³/mol. The van der Waals surface area contributed by atoms with Crippen LogP contribution in [0.15, 0.2) is 30.3 Å². The van der Waals surface area contributed by atoms with E-state index in [-0.39, 0.29) is 24.4 Å². The number of hydrogen-bond acceptors (Lipinski definition) is 3. The number of anilines is 1. The topological polar surface area (TPSA) is 58.4 Å². The van der Waals surface area contributed by atoms with Crippen LogP contribution in [0.25, 0.3) is 0 Å². The Kier molecular flexibility index (Phi) is 6.99. The zero-order valence-electron chi connectivity index (χ0n) is 11.9. The molecule has 1 aliphatic heterocycles. The standard InChI is InChI=1S/C15H23N3O.ClH/c1-12(18-9-5-6-13(10-16)11-18)15(19)17-14-7-3-2-4-8-14;/h2-4,7-8,12-13H,5-6,9-11,16H2,1H3,(H,17,19);1H. The van der Waals surface area contributed by atoms with E-state index in [1.54, 1.807) is 0 Å². The Morgan fingerprint density at radius 2 is 2.15 bits per heavy atom. The number of halogens is 1. The van der Waals surface area contributed by atoms with Gasteiger partial charge in [0.2, 0.25) is 5.91 Å². The van der Waals surface area contributed by atoms with Crippen LogP contribution in [0.3, 0.4) is 0 Å². The molecule has 1 aromatic carbocycles. The van der Waals surface area contributed by atoms with Crippen molar-refractivity contribution >= 4 is 24.0 Å². The first-order valence-electron chi connectivity index (χ1n) is 7.00. The van der Waals surface area contributed by atoms with Gasteiger partial charge >= 0.3 is 0 Å². The van der Waals surface area contributed by atoms with E-state index in [0.717, 1.165) is 25.2 Å². The average molecular weight is 298 g/mol. The number of likely N-dealkylation sites (tertiary alicyclic amines) is 1. The molecule has 0 aromatic heterocycles. The van der Waals surface area contributed by atoms with Gasteiger partial charge in [-0.2, -0.15) is 0 Å². The van der Waals surface area contributed by atoms with Crippen LogP contribution in [0, 0.1) is 5.92 Å². The van der Waals surface area contributed by atoms with Crippen LogP contribution in [-0.4, -0.2) is 36.5 Å². The fourth-order valence-electron chi connectivity index (χ4n) is 2.58. The van der Waals surface area contributed by atoms with E-state index in [1.165, 1.54) is 6.42 Å². The number of carbonyl (C=O) groups is 1. The van der Waals surface area contributed by atoms with Crippen LogP contribution in [-0.2, 0) is 4.79 Å². The number of amides is 1. The monoisotopic (exact) mass is 297 g/mol. The number of nitrogens with zero attached hydrogens (tertiary/aromatic N) is 1. The van der Waals surface area contributed by atoms with Gasteiger partial charge in [0.1, 0.15) is 0 Å². The zero-order chi connectivity index (χ0) is 13.7. The summed E-state index contributed by atoms with van der Waals surface area (Å²) >= 11 is 0. The van der Waals surface area contributed by atoms with Gasteiger partial charge in [-0.25, -0.2) is 0 Å². The second kappa shape index (κ2) is 8.25. The molecule has 112 valence electrons. The van der Waals surface area contributed by atoms with Crippen LogP contribution in [0.2, 0.25) is 0 Å². The summed E-state index contributed by atoms with van der Waals surface area (Å²) in [4.78, 5) is 14.5. The molecule has 1 saturated heterocycles. The van der Waals surface area contributed by atoms with Crippen molar-refractivity contribution in [1.82, 2.24) is 4.90 Å². The summed E-state index contributed by atoms with van der Waals surface area (Å²) in [6.45, 7) is 4.60. The van der Waals surface area contributed by atoms with E-state index in [4.69, 9.17) is 5.73 Å². The Morgan fingerprint density at radius 3 is 2.80 bits per heavy atom. The lowest BCUT2D eigenvalue weighted by molar-refractivity contribution is -0.121. The van der Waals surface area contributed by atoms with Crippen molar-refractivity contribution in [2.75, 3.05) is 25.0 Å². The van der Waals surface area contributed by atoms with Gasteiger partial charge in [0.15, 0.2) is 0 Å². The summed E-state index contributed by atoms with van der Waals surface area (Å²) in [5.74, 6) is 0.588. The van der Waals surface area contributed by atoms with Gasteiger partial charge in [0.25, 0.3) is 0 Å². The molecule has 5 heteroatoms. The molecule has 20 heavy (non-hydrogen) atoms. The minimum atomic E-state index is -0.102. The Balaban J connectivity index is 0.00000200. The number of rotatable bonds is 4. The highest BCUT2D eigenvalue weighted by Crippen LogP contribution is 2.18. The number of benzene rings is 1. The molecule has 3 N–H and O–H groups in total. The third-order valence-electron chi connectivity index (χ3n) is 3.85. The van der Waals surface area contributed by atoms with Gasteiger partial charge in [0, 0.05) is 12.2 Å². The summed E-state index contributed by atoms with van der Waals surface area (Å²) in [5, 5.41) is 2.96. The van der Waals surface area contributed by atoms with Crippen LogP contribution in [0.4, 0.5) is 5.69 Å². The Labute approximate surface area is 127 Å². The normalized spacial score (nSPS) is 20.8. The minimum Gasteiger partial charge on any atom is -0.330 e. The van der Waals surface area contributed by atoms with Crippen molar-refractivity contribution in [2.24, 2.45) is 11.7 Å². The van der Waals surface area contributed by atoms with Gasteiger partial charge < -0.3 is 11.1 Å². The maximum Gasteiger partial charge on any atom is 0.241 e. The highest BCUT2D eigenvalue weighted by Gasteiger charge is 2.26. The van der Waals surface area contributed by atoms with Gasteiger partial charge in [-0.15, -0.1) is 12.4 Å². The van der Waals surface area contributed by atoms with Crippen molar-refractivity contribution in [3.63, 3.8) is 0 Å². The molecule has 0 saturated carbocycles. The number of hydrogen-bond donors (Lipinski definition) is 2. The van der Waals surface area contributed by atoms with Crippen LogP contribution in [0.5, 0.6) is 0 Å². The lowest BCUT2D eigenvalue weighted by Crippen LogP contribution is -2.48. The Bertz CT molecular complexity index is 413. The molecule has 0 radical (unpaired) electrons. The fraction of sp³-hybridized carbons (Fsp3) is 0.533. The summed E-state index contributed by atoms with van der Waals surface area (Å²) in [5.41, 5.74) is 6.59. The second-order valence-electron chi connectivity index (χ2n) is 5.27. The average Bonchev–Trinajstić information content (AvgIpc) is 2.47. The highest BCUT2D eigenvalue weighted by molar-refractivity contribution is 5.94. The third kappa shape index (κ3) is 4.47. The smallest absolute Gasteiger partial charge is 0.241 e. The molecule has 1 amide bonds. The lowest BCUT2D eigenvalue weighted by Gasteiger charge is -2.35. The first-order chi connectivity index (χ1) is 9.20. The van der Waals surface area contributed by atoms with E-state index in [1.807, 2.05) is 37.3 Å². The predicted octanol–water partition coefficient (Wildman–Crippen LogP) is 2.11. The Morgan fingerprint density at radius 1 is 1.45 bits per heavy atom. The van der Waals surface area contributed by atoms with Crippen LogP contribution >= 0.6 is 12.4 Å². The number of para-hydroxylation sites is 1. The summed E-state index contributed by atoms with van der Waals surface area (Å²) < 4.78 is 0. The first kappa shape index (κ1) is 17.0. The Hall–Kier alpha value is -1.10. The molecule has 1 fully saturated rings. The van der Waals surface area contributed by atoms with Crippen molar-refractivity contribution in [3.05, 3.63) is 30.3 Å². The zero-order valence-corrected chi connectivity index (χ0v) is 12.7.